The first-order valence-corrected chi connectivity index (χ1v) is 17.8. The minimum atomic E-state index is -0.318. The number of hydrogen-bond donors (Lipinski definition) is 0. The number of benzene rings is 8. The van der Waals surface area contributed by atoms with Crippen LogP contribution < -0.4 is 14.4 Å². The Morgan fingerprint density at radius 1 is 0.453 bits per heavy atom. The van der Waals surface area contributed by atoms with Crippen molar-refractivity contribution in [1.82, 2.24) is 0 Å². The van der Waals surface area contributed by atoms with Gasteiger partial charge in [-0.2, -0.15) is 0 Å². The van der Waals surface area contributed by atoms with Crippen molar-refractivity contribution in [2.45, 2.75) is 0 Å². The minimum absolute atomic E-state index is 0.318. The fourth-order valence-corrected chi connectivity index (χ4v) is 7.31. The van der Waals surface area contributed by atoms with Gasteiger partial charge in [0.25, 0.3) is 0 Å². The zero-order valence-corrected chi connectivity index (χ0v) is 30.0. The average molecular weight is 712 g/mol. The summed E-state index contributed by atoms with van der Waals surface area (Å²) in [5, 5.41) is 2.60. The van der Waals surface area contributed by atoms with E-state index in [4.69, 9.17) is 21.1 Å². The molecule has 0 aliphatic heterocycles. The summed E-state index contributed by atoms with van der Waals surface area (Å²) in [4.78, 5) is 2.00. The molecule has 0 aliphatic carbocycles. The molecule has 5 heteroatoms. The van der Waals surface area contributed by atoms with E-state index < -0.39 is 0 Å². The maximum atomic E-state index is 16.9. The van der Waals surface area contributed by atoms with Crippen LogP contribution >= 0.6 is 11.6 Å². The summed E-state index contributed by atoms with van der Waals surface area (Å²) in [6, 6.07) is 57.9. The second-order valence-corrected chi connectivity index (χ2v) is 13.1. The highest BCUT2D eigenvalue weighted by atomic mass is 35.5. The normalized spacial score (nSPS) is 11.0. The molecule has 8 aromatic rings. The molecule has 0 atom stereocenters. The third-order valence-corrected chi connectivity index (χ3v) is 9.84. The molecule has 0 unspecified atom stereocenters. The van der Waals surface area contributed by atoms with Crippen molar-refractivity contribution in [3.8, 4) is 56.0 Å². The van der Waals surface area contributed by atoms with E-state index >= 15 is 4.39 Å². The van der Waals surface area contributed by atoms with E-state index in [-0.39, 0.29) is 5.82 Å². The maximum absolute atomic E-state index is 16.9. The number of fused-ring (bicyclic) bond motifs is 1. The van der Waals surface area contributed by atoms with Crippen LogP contribution in [0.25, 0.3) is 55.3 Å². The quantitative estimate of drug-likeness (QED) is 0.149. The summed E-state index contributed by atoms with van der Waals surface area (Å²) in [5.41, 5.74) is 9.57. The Morgan fingerprint density at radius 3 is 1.74 bits per heavy atom. The third kappa shape index (κ3) is 6.50. The zero-order chi connectivity index (χ0) is 36.3. The van der Waals surface area contributed by atoms with Crippen LogP contribution in [0.1, 0.15) is 0 Å². The molecule has 0 N–H and O–H groups in total. The fraction of sp³-hybridized carbons (Fsp3) is 0.0417. The minimum Gasteiger partial charge on any atom is -0.496 e. The Morgan fingerprint density at radius 2 is 1.06 bits per heavy atom. The van der Waals surface area contributed by atoms with Crippen molar-refractivity contribution < 1.29 is 13.9 Å². The molecule has 0 aliphatic rings. The third-order valence-electron chi connectivity index (χ3n) is 9.61. The van der Waals surface area contributed by atoms with Crippen LogP contribution in [0, 0.1) is 5.82 Å². The average Bonchev–Trinajstić information content (AvgIpc) is 3.22. The smallest absolute Gasteiger partial charge is 0.148 e. The Hall–Kier alpha value is -6.36. The summed E-state index contributed by atoms with van der Waals surface area (Å²) in [6.07, 6.45) is 0. The lowest BCUT2D eigenvalue weighted by Gasteiger charge is -2.29. The number of anilines is 3. The number of methoxy groups -OCH3 is 2. The second-order valence-electron chi connectivity index (χ2n) is 12.7. The van der Waals surface area contributed by atoms with Gasteiger partial charge in [0.15, 0.2) is 0 Å². The molecule has 3 nitrogen and oxygen atoms in total. The van der Waals surface area contributed by atoms with Gasteiger partial charge in [-0.25, -0.2) is 4.39 Å². The fourth-order valence-electron chi connectivity index (χ4n) is 7.14. The van der Waals surface area contributed by atoms with Crippen molar-refractivity contribution in [2.24, 2.45) is 0 Å². The van der Waals surface area contributed by atoms with Crippen molar-refractivity contribution in [3.05, 3.63) is 187 Å². The Bertz CT molecular complexity index is 2540. The van der Waals surface area contributed by atoms with E-state index in [0.29, 0.717) is 16.5 Å². The van der Waals surface area contributed by atoms with E-state index in [1.807, 2.05) is 120 Å². The van der Waals surface area contributed by atoms with Crippen LogP contribution in [0.15, 0.2) is 176 Å². The molecule has 0 aromatic heterocycles. The van der Waals surface area contributed by atoms with E-state index in [0.717, 1.165) is 72.4 Å². The number of rotatable bonds is 9. The number of ether oxygens (including phenoxy) is 2. The largest absolute Gasteiger partial charge is 0.496 e. The summed E-state index contributed by atoms with van der Waals surface area (Å²) >= 11 is 6.32. The van der Waals surface area contributed by atoms with Crippen LogP contribution in [-0.2, 0) is 0 Å². The Labute approximate surface area is 314 Å². The highest BCUT2D eigenvalue weighted by molar-refractivity contribution is 6.30. The molecule has 0 fully saturated rings. The van der Waals surface area contributed by atoms with Gasteiger partial charge in [0.1, 0.15) is 17.3 Å². The van der Waals surface area contributed by atoms with Gasteiger partial charge in [-0.1, -0.05) is 121 Å². The molecule has 53 heavy (non-hydrogen) atoms. The van der Waals surface area contributed by atoms with Gasteiger partial charge in [0.2, 0.25) is 0 Å². The molecule has 0 radical (unpaired) electrons. The Balaban J connectivity index is 1.29. The molecule has 8 aromatic carbocycles. The van der Waals surface area contributed by atoms with Gasteiger partial charge >= 0.3 is 0 Å². The van der Waals surface area contributed by atoms with Crippen molar-refractivity contribution in [1.29, 1.82) is 0 Å². The number of halogens is 2. The van der Waals surface area contributed by atoms with Crippen LogP contribution in [-0.4, -0.2) is 14.2 Å². The number of para-hydroxylation sites is 1. The molecule has 0 saturated heterocycles. The van der Waals surface area contributed by atoms with Crippen LogP contribution in [0.2, 0.25) is 5.02 Å². The molecule has 0 spiro atoms. The van der Waals surface area contributed by atoms with Gasteiger partial charge in [-0.3, -0.25) is 0 Å². The van der Waals surface area contributed by atoms with Gasteiger partial charge in [-0.05, 0) is 105 Å². The predicted molar refractivity (Wildman–Crippen MR) is 218 cm³/mol. The number of nitrogens with zero attached hydrogens (tertiary/aromatic N) is 1. The molecule has 0 saturated carbocycles. The predicted octanol–water partition coefficient (Wildman–Crippen LogP) is 13.8. The summed E-state index contributed by atoms with van der Waals surface area (Å²) in [7, 11) is 3.34. The summed E-state index contributed by atoms with van der Waals surface area (Å²) in [6.45, 7) is 0. The van der Waals surface area contributed by atoms with Crippen molar-refractivity contribution >= 4 is 39.4 Å². The van der Waals surface area contributed by atoms with Gasteiger partial charge in [0, 0.05) is 32.9 Å². The molecule has 0 amide bonds. The first-order chi connectivity index (χ1) is 26.0. The molecular formula is C48H35ClFNO2. The first-order valence-electron chi connectivity index (χ1n) is 17.4. The SMILES string of the molecule is COc1cc(Cl)ccc1-c1ccc(OC)c2c(-c3ccc(N(c4ccccc4)c4c(F)cc(-c5ccccc5)cc4-c4ccccc4)cc3)cccc12. The van der Waals surface area contributed by atoms with E-state index in [1.165, 1.54) is 0 Å². The highest BCUT2D eigenvalue weighted by Gasteiger charge is 2.23. The zero-order valence-electron chi connectivity index (χ0n) is 29.3. The summed E-state index contributed by atoms with van der Waals surface area (Å²) < 4.78 is 28.6. The van der Waals surface area contributed by atoms with Crippen molar-refractivity contribution in [2.75, 3.05) is 19.1 Å². The first kappa shape index (κ1) is 33.8. The molecule has 0 bridgehead atoms. The van der Waals surface area contributed by atoms with Gasteiger partial charge in [0.05, 0.1) is 19.9 Å². The van der Waals surface area contributed by atoms with Crippen molar-refractivity contribution in [3.63, 3.8) is 0 Å². The van der Waals surface area contributed by atoms with Crippen LogP contribution in [0.3, 0.4) is 0 Å². The monoisotopic (exact) mass is 711 g/mol. The Kier molecular flexibility index (Phi) is 9.37. The maximum Gasteiger partial charge on any atom is 0.148 e. The standard InChI is InChI=1S/C48H35ClFNO2/c1-52-45-28-27-40(41-26-23-36(49)31-46(41)53-2)42-20-12-19-39(47(42)45)34-21-24-38(25-22-34)51(37-17-10-5-11-18-37)48-43(33-15-8-4-9-16-33)29-35(30-44(48)50)32-13-6-3-7-14-32/h3-31H,1-2H3. The lowest BCUT2D eigenvalue weighted by molar-refractivity contribution is 0.416. The van der Waals surface area contributed by atoms with E-state index in [2.05, 4.69) is 54.6 Å². The van der Waals surface area contributed by atoms with Gasteiger partial charge < -0.3 is 14.4 Å². The van der Waals surface area contributed by atoms with Gasteiger partial charge in [-0.15, -0.1) is 0 Å². The molecule has 0 heterocycles. The lowest BCUT2D eigenvalue weighted by Crippen LogP contribution is -2.13. The lowest BCUT2D eigenvalue weighted by atomic mass is 9.91. The molecule has 8 rings (SSSR count). The molecular weight excluding hydrogens is 677 g/mol. The topological polar surface area (TPSA) is 21.7 Å². The van der Waals surface area contributed by atoms with Crippen LogP contribution in [0.5, 0.6) is 11.5 Å². The van der Waals surface area contributed by atoms with E-state index in [9.17, 15) is 0 Å². The number of hydrogen-bond acceptors (Lipinski definition) is 3. The summed E-state index contributed by atoms with van der Waals surface area (Å²) in [5.74, 6) is 1.14. The highest BCUT2D eigenvalue weighted by Crippen LogP contribution is 2.46. The van der Waals surface area contributed by atoms with Crippen LogP contribution in [0.4, 0.5) is 21.5 Å². The second kappa shape index (κ2) is 14.7. The van der Waals surface area contributed by atoms with E-state index in [1.54, 1.807) is 20.3 Å². The molecule has 258 valence electrons.